The lowest BCUT2D eigenvalue weighted by Gasteiger charge is -2.28. The van der Waals surface area contributed by atoms with Crippen LogP contribution in [0.5, 0.6) is 0 Å². The number of hydrogen-bond acceptors (Lipinski definition) is 4. The molecule has 1 heterocycles. The van der Waals surface area contributed by atoms with E-state index in [2.05, 4.69) is 17.3 Å². The third-order valence-corrected chi connectivity index (χ3v) is 4.70. The Kier molecular flexibility index (Phi) is 6.09. The zero-order valence-electron chi connectivity index (χ0n) is 14.6. The van der Waals surface area contributed by atoms with E-state index < -0.39 is 0 Å². The van der Waals surface area contributed by atoms with Crippen LogP contribution in [0.4, 0.5) is 5.69 Å². The SMILES string of the molecule is CC1CCCCC1OCCNc1cnn(C(C)(C)C)c(=O)c1Cl. The number of aromatic nitrogens is 2. The van der Waals surface area contributed by atoms with Crippen LogP contribution in [0.1, 0.15) is 53.4 Å². The minimum atomic E-state index is -0.389. The van der Waals surface area contributed by atoms with Crippen LogP contribution in [0, 0.1) is 5.92 Å². The summed E-state index contributed by atoms with van der Waals surface area (Å²) in [5.41, 5.74) is -0.0945. The van der Waals surface area contributed by atoms with E-state index in [0.717, 1.165) is 6.42 Å². The fourth-order valence-corrected chi connectivity index (χ4v) is 3.16. The molecule has 1 aromatic rings. The van der Waals surface area contributed by atoms with Crippen molar-refractivity contribution in [3.8, 4) is 0 Å². The molecule has 1 aliphatic rings. The predicted molar refractivity (Wildman–Crippen MR) is 94.4 cm³/mol. The number of halogens is 1. The van der Waals surface area contributed by atoms with Gasteiger partial charge < -0.3 is 10.1 Å². The van der Waals surface area contributed by atoms with E-state index in [-0.39, 0.29) is 16.1 Å². The Morgan fingerprint density at radius 1 is 1.39 bits per heavy atom. The van der Waals surface area contributed by atoms with Gasteiger partial charge in [-0.15, -0.1) is 0 Å². The summed E-state index contributed by atoms with van der Waals surface area (Å²) >= 11 is 6.18. The van der Waals surface area contributed by atoms with Crippen molar-refractivity contribution in [1.82, 2.24) is 9.78 Å². The highest BCUT2D eigenvalue weighted by molar-refractivity contribution is 6.32. The molecule has 6 heteroatoms. The van der Waals surface area contributed by atoms with Gasteiger partial charge in [0.2, 0.25) is 0 Å². The Morgan fingerprint density at radius 3 is 2.74 bits per heavy atom. The highest BCUT2D eigenvalue weighted by atomic mass is 35.5. The van der Waals surface area contributed by atoms with E-state index in [9.17, 15) is 4.79 Å². The van der Waals surface area contributed by atoms with Crippen LogP contribution in [0.15, 0.2) is 11.0 Å². The third-order valence-electron chi connectivity index (χ3n) is 4.34. The predicted octanol–water partition coefficient (Wildman–Crippen LogP) is 3.66. The molecule has 0 aromatic carbocycles. The second kappa shape index (κ2) is 7.67. The van der Waals surface area contributed by atoms with E-state index in [0.29, 0.717) is 30.9 Å². The number of ether oxygens (including phenoxy) is 1. The average Bonchev–Trinajstić information content (AvgIpc) is 2.48. The Balaban J connectivity index is 1.89. The average molecular weight is 342 g/mol. The van der Waals surface area contributed by atoms with Crippen molar-refractivity contribution in [3.05, 3.63) is 21.6 Å². The van der Waals surface area contributed by atoms with Gasteiger partial charge in [-0.2, -0.15) is 5.10 Å². The molecule has 130 valence electrons. The van der Waals surface area contributed by atoms with Crippen LogP contribution >= 0.6 is 11.6 Å². The first-order chi connectivity index (χ1) is 10.8. The number of nitrogens with zero attached hydrogens (tertiary/aromatic N) is 2. The molecule has 2 atom stereocenters. The molecule has 0 radical (unpaired) electrons. The molecule has 1 fully saturated rings. The molecule has 5 nitrogen and oxygen atoms in total. The molecular weight excluding hydrogens is 314 g/mol. The Morgan fingerprint density at radius 2 is 2.09 bits per heavy atom. The molecule has 1 aliphatic carbocycles. The summed E-state index contributed by atoms with van der Waals surface area (Å²) in [7, 11) is 0. The zero-order chi connectivity index (χ0) is 17.0. The smallest absolute Gasteiger partial charge is 0.288 e. The molecule has 1 saturated carbocycles. The van der Waals surface area contributed by atoms with Crippen molar-refractivity contribution in [1.29, 1.82) is 0 Å². The van der Waals surface area contributed by atoms with Crippen LogP contribution in [-0.2, 0) is 10.3 Å². The van der Waals surface area contributed by atoms with Gasteiger partial charge in [0, 0.05) is 6.54 Å². The summed E-state index contributed by atoms with van der Waals surface area (Å²) in [5.74, 6) is 0.629. The minimum Gasteiger partial charge on any atom is -0.380 e. The molecule has 0 amide bonds. The number of hydrogen-bond donors (Lipinski definition) is 1. The van der Waals surface area contributed by atoms with Crippen molar-refractivity contribution in [2.75, 3.05) is 18.5 Å². The van der Waals surface area contributed by atoms with Crippen LogP contribution in [-0.4, -0.2) is 29.0 Å². The summed E-state index contributed by atoms with van der Waals surface area (Å²) in [6.45, 7) is 9.24. The quantitative estimate of drug-likeness (QED) is 0.830. The lowest BCUT2D eigenvalue weighted by molar-refractivity contribution is 0.000389. The van der Waals surface area contributed by atoms with Gasteiger partial charge in [-0.1, -0.05) is 31.4 Å². The maximum Gasteiger partial charge on any atom is 0.288 e. The van der Waals surface area contributed by atoms with Crippen molar-refractivity contribution in [2.45, 2.75) is 65.0 Å². The zero-order valence-corrected chi connectivity index (χ0v) is 15.3. The van der Waals surface area contributed by atoms with Gasteiger partial charge in [-0.3, -0.25) is 4.79 Å². The van der Waals surface area contributed by atoms with Gasteiger partial charge in [0.05, 0.1) is 30.1 Å². The molecule has 1 aromatic heterocycles. The fourth-order valence-electron chi connectivity index (χ4n) is 2.96. The van der Waals surface area contributed by atoms with Gasteiger partial charge in [0.25, 0.3) is 5.56 Å². The Hall–Kier alpha value is -1.07. The van der Waals surface area contributed by atoms with Gasteiger partial charge in [0.15, 0.2) is 0 Å². The highest BCUT2D eigenvalue weighted by Gasteiger charge is 2.22. The molecule has 0 saturated heterocycles. The Labute approximate surface area is 143 Å². The molecule has 2 unspecified atom stereocenters. The standard InChI is InChI=1S/C17H28ClN3O2/c1-12-7-5-6-8-14(12)23-10-9-19-13-11-20-21(17(2,3)4)16(22)15(13)18/h11-12,14,19H,5-10H2,1-4H3. The molecule has 23 heavy (non-hydrogen) atoms. The fraction of sp³-hybridized carbons (Fsp3) is 0.765. The van der Waals surface area contributed by atoms with Crippen LogP contribution in [0.25, 0.3) is 0 Å². The summed E-state index contributed by atoms with van der Waals surface area (Å²) < 4.78 is 7.36. The van der Waals surface area contributed by atoms with Gasteiger partial charge in [0.1, 0.15) is 5.02 Å². The minimum absolute atomic E-state index is 0.181. The number of rotatable bonds is 5. The van der Waals surface area contributed by atoms with Crippen molar-refractivity contribution >= 4 is 17.3 Å². The lowest BCUT2D eigenvalue weighted by atomic mass is 9.88. The van der Waals surface area contributed by atoms with E-state index in [1.165, 1.54) is 23.9 Å². The third kappa shape index (κ3) is 4.70. The van der Waals surface area contributed by atoms with Gasteiger partial charge in [-0.25, -0.2) is 4.68 Å². The van der Waals surface area contributed by atoms with E-state index >= 15 is 0 Å². The van der Waals surface area contributed by atoms with Crippen LogP contribution in [0.2, 0.25) is 5.02 Å². The summed E-state index contributed by atoms with van der Waals surface area (Å²) in [5, 5.41) is 7.54. The number of anilines is 1. The number of nitrogens with one attached hydrogen (secondary N) is 1. The monoisotopic (exact) mass is 341 g/mol. The lowest BCUT2D eigenvalue weighted by Crippen LogP contribution is -2.36. The summed E-state index contributed by atoms with van der Waals surface area (Å²) in [4.78, 5) is 12.3. The van der Waals surface area contributed by atoms with Gasteiger partial charge >= 0.3 is 0 Å². The van der Waals surface area contributed by atoms with Crippen molar-refractivity contribution in [2.24, 2.45) is 5.92 Å². The molecule has 0 aliphatic heterocycles. The maximum atomic E-state index is 12.3. The van der Waals surface area contributed by atoms with E-state index in [4.69, 9.17) is 16.3 Å². The van der Waals surface area contributed by atoms with Crippen LogP contribution < -0.4 is 10.9 Å². The van der Waals surface area contributed by atoms with E-state index in [1.54, 1.807) is 6.20 Å². The van der Waals surface area contributed by atoms with Crippen molar-refractivity contribution in [3.63, 3.8) is 0 Å². The largest absolute Gasteiger partial charge is 0.380 e. The summed E-state index contributed by atoms with van der Waals surface area (Å²) in [6, 6.07) is 0. The first-order valence-electron chi connectivity index (χ1n) is 8.44. The molecule has 1 N–H and O–H groups in total. The Bertz CT molecular complexity index is 580. The second-order valence-electron chi connectivity index (χ2n) is 7.36. The van der Waals surface area contributed by atoms with Crippen molar-refractivity contribution < 1.29 is 4.74 Å². The maximum absolute atomic E-state index is 12.3. The topological polar surface area (TPSA) is 56.1 Å². The van der Waals surface area contributed by atoms with Gasteiger partial charge in [-0.05, 0) is 39.5 Å². The summed E-state index contributed by atoms with van der Waals surface area (Å²) in [6.07, 6.45) is 6.92. The molecule has 2 rings (SSSR count). The normalized spacial score (nSPS) is 22.1. The molecular formula is C17H28ClN3O2. The van der Waals surface area contributed by atoms with Crippen LogP contribution in [0.3, 0.4) is 0 Å². The molecule has 0 spiro atoms. The first kappa shape index (κ1) is 18.3. The van der Waals surface area contributed by atoms with E-state index in [1.807, 2.05) is 20.8 Å². The second-order valence-corrected chi connectivity index (χ2v) is 7.74. The first-order valence-corrected chi connectivity index (χ1v) is 8.82. The highest BCUT2D eigenvalue weighted by Crippen LogP contribution is 2.26. The molecule has 0 bridgehead atoms.